The summed E-state index contributed by atoms with van der Waals surface area (Å²) in [7, 11) is 0. The molecule has 0 amide bonds. The molecule has 0 aromatic carbocycles. The Balaban J connectivity index is 2.20. The second-order valence-corrected chi connectivity index (χ2v) is 5.90. The van der Waals surface area contributed by atoms with Crippen LogP contribution in [0.5, 0.6) is 0 Å². The fourth-order valence-corrected chi connectivity index (χ4v) is 2.61. The van der Waals surface area contributed by atoms with Crippen LogP contribution in [0.25, 0.3) is 0 Å². The van der Waals surface area contributed by atoms with E-state index in [-0.39, 0.29) is 6.10 Å². The highest BCUT2D eigenvalue weighted by Crippen LogP contribution is 2.26. The molecule has 1 saturated heterocycles. The number of morpholine rings is 1. The van der Waals surface area contributed by atoms with E-state index >= 15 is 0 Å². The molecular formula is C16H27N3O. The summed E-state index contributed by atoms with van der Waals surface area (Å²) in [6.45, 7) is 11.3. The Morgan fingerprint density at radius 1 is 1.50 bits per heavy atom. The molecular weight excluding hydrogens is 250 g/mol. The van der Waals surface area contributed by atoms with Gasteiger partial charge in [0.1, 0.15) is 0 Å². The summed E-state index contributed by atoms with van der Waals surface area (Å²) in [5.41, 5.74) is 2.57. The minimum atomic E-state index is 0.281. The van der Waals surface area contributed by atoms with Gasteiger partial charge in [-0.25, -0.2) is 0 Å². The number of pyridine rings is 1. The van der Waals surface area contributed by atoms with E-state index in [2.05, 4.69) is 49.0 Å². The van der Waals surface area contributed by atoms with Gasteiger partial charge in [0, 0.05) is 25.3 Å². The molecule has 1 N–H and O–H groups in total. The maximum atomic E-state index is 5.79. The maximum Gasteiger partial charge on any atom is 0.0723 e. The second kappa shape index (κ2) is 7.04. The summed E-state index contributed by atoms with van der Waals surface area (Å²) in [5, 5.41) is 3.50. The molecule has 4 nitrogen and oxygen atoms in total. The molecule has 4 heteroatoms. The van der Waals surface area contributed by atoms with Crippen molar-refractivity contribution >= 4 is 5.69 Å². The zero-order valence-electron chi connectivity index (χ0n) is 13.1. The number of aromatic nitrogens is 1. The molecule has 112 valence electrons. The molecule has 0 spiro atoms. The third kappa shape index (κ3) is 3.70. The molecule has 0 bridgehead atoms. The van der Waals surface area contributed by atoms with Gasteiger partial charge in [-0.05, 0) is 25.0 Å². The van der Waals surface area contributed by atoms with E-state index < -0.39 is 0 Å². The molecule has 20 heavy (non-hydrogen) atoms. The lowest BCUT2D eigenvalue weighted by atomic mass is 10.1. The third-order valence-corrected chi connectivity index (χ3v) is 3.84. The lowest BCUT2D eigenvalue weighted by Gasteiger charge is -2.40. The highest BCUT2D eigenvalue weighted by atomic mass is 16.5. The van der Waals surface area contributed by atoms with E-state index in [0.717, 1.165) is 26.1 Å². The summed E-state index contributed by atoms with van der Waals surface area (Å²) in [5.74, 6) is 0. The molecule has 1 aliphatic rings. The van der Waals surface area contributed by atoms with Crippen molar-refractivity contribution in [3.8, 4) is 0 Å². The van der Waals surface area contributed by atoms with Crippen LogP contribution in [0, 0.1) is 0 Å². The summed E-state index contributed by atoms with van der Waals surface area (Å²) in [4.78, 5) is 6.80. The van der Waals surface area contributed by atoms with E-state index in [9.17, 15) is 0 Å². The second-order valence-electron chi connectivity index (χ2n) is 5.90. The summed E-state index contributed by atoms with van der Waals surface area (Å²) < 4.78 is 5.79. The van der Waals surface area contributed by atoms with Gasteiger partial charge in [-0.2, -0.15) is 0 Å². The molecule has 2 heterocycles. The van der Waals surface area contributed by atoms with Crippen molar-refractivity contribution in [2.75, 3.05) is 18.1 Å². The lowest BCUT2D eigenvalue weighted by molar-refractivity contribution is 0.0298. The van der Waals surface area contributed by atoms with Gasteiger partial charge in [0.2, 0.25) is 0 Å². The topological polar surface area (TPSA) is 37.4 Å². The van der Waals surface area contributed by atoms with E-state index in [4.69, 9.17) is 4.74 Å². The van der Waals surface area contributed by atoms with Crippen molar-refractivity contribution in [2.24, 2.45) is 0 Å². The van der Waals surface area contributed by atoms with Gasteiger partial charge in [0.15, 0.2) is 0 Å². The van der Waals surface area contributed by atoms with Crippen LogP contribution in [-0.2, 0) is 11.3 Å². The predicted octanol–water partition coefficient (Wildman–Crippen LogP) is 2.58. The Morgan fingerprint density at radius 3 is 3.00 bits per heavy atom. The van der Waals surface area contributed by atoms with Gasteiger partial charge in [0.25, 0.3) is 0 Å². The molecule has 2 unspecified atom stereocenters. The number of hydrogen-bond donors (Lipinski definition) is 1. The number of nitrogens with zero attached hydrogens (tertiary/aromatic N) is 2. The van der Waals surface area contributed by atoms with Crippen molar-refractivity contribution in [3.05, 3.63) is 24.0 Å². The van der Waals surface area contributed by atoms with Crippen LogP contribution in [0.15, 0.2) is 18.5 Å². The number of ether oxygens (including phenoxy) is 1. The van der Waals surface area contributed by atoms with Gasteiger partial charge in [0.05, 0.1) is 30.6 Å². The van der Waals surface area contributed by atoms with Crippen molar-refractivity contribution in [2.45, 2.75) is 58.8 Å². The van der Waals surface area contributed by atoms with Gasteiger partial charge >= 0.3 is 0 Å². The first kappa shape index (κ1) is 15.3. The SMILES string of the molecule is CCC1COC(C)CN1c1cnccc1CNC(C)C. The fraction of sp³-hybridized carbons (Fsp3) is 0.688. The Labute approximate surface area is 122 Å². The molecule has 1 fully saturated rings. The molecule has 2 atom stereocenters. The van der Waals surface area contributed by atoms with Gasteiger partial charge in [-0.3, -0.25) is 4.98 Å². The molecule has 2 rings (SSSR count). The Bertz CT molecular complexity index is 422. The van der Waals surface area contributed by atoms with Gasteiger partial charge < -0.3 is 15.0 Å². The first-order valence-corrected chi connectivity index (χ1v) is 7.66. The quantitative estimate of drug-likeness (QED) is 0.897. The number of anilines is 1. The first-order chi connectivity index (χ1) is 9.61. The monoisotopic (exact) mass is 277 g/mol. The van der Waals surface area contributed by atoms with Crippen LogP contribution in [0.3, 0.4) is 0 Å². The number of rotatable bonds is 5. The van der Waals surface area contributed by atoms with E-state index in [1.807, 2.05) is 12.4 Å². The molecule has 1 aromatic rings. The molecule has 0 radical (unpaired) electrons. The summed E-state index contributed by atoms with van der Waals surface area (Å²) >= 11 is 0. The lowest BCUT2D eigenvalue weighted by Crippen LogP contribution is -2.49. The van der Waals surface area contributed by atoms with Crippen LogP contribution in [0.4, 0.5) is 5.69 Å². The van der Waals surface area contributed by atoms with Crippen LogP contribution < -0.4 is 10.2 Å². The van der Waals surface area contributed by atoms with Gasteiger partial charge in [-0.15, -0.1) is 0 Å². The molecule has 1 aromatic heterocycles. The average molecular weight is 277 g/mol. The highest BCUT2D eigenvalue weighted by Gasteiger charge is 2.27. The standard InChI is InChI=1S/C16H27N3O/c1-5-15-11-20-13(4)10-19(15)16-9-17-7-6-14(16)8-18-12(2)3/h6-7,9,12-13,15,18H,5,8,10-11H2,1-4H3. The normalized spacial score (nSPS) is 23.4. The summed E-state index contributed by atoms with van der Waals surface area (Å²) in [6.07, 6.45) is 5.26. The van der Waals surface area contributed by atoms with Crippen LogP contribution >= 0.6 is 0 Å². The largest absolute Gasteiger partial charge is 0.375 e. The van der Waals surface area contributed by atoms with E-state index in [1.165, 1.54) is 11.3 Å². The van der Waals surface area contributed by atoms with Crippen LogP contribution in [0.1, 0.15) is 39.7 Å². The number of nitrogens with one attached hydrogen (secondary N) is 1. The fourth-order valence-electron chi connectivity index (χ4n) is 2.61. The van der Waals surface area contributed by atoms with E-state index in [0.29, 0.717) is 12.1 Å². The van der Waals surface area contributed by atoms with Crippen molar-refractivity contribution in [1.29, 1.82) is 0 Å². The smallest absolute Gasteiger partial charge is 0.0723 e. The van der Waals surface area contributed by atoms with Crippen LogP contribution in [-0.4, -0.2) is 36.3 Å². The van der Waals surface area contributed by atoms with Crippen molar-refractivity contribution in [1.82, 2.24) is 10.3 Å². The summed E-state index contributed by atoms with van der Waals surface area (Å²) in [6, 6.07) is 3.06. The van der Waals surface area contributed by atoms with Crippen LogP contribution in [0.2, 0.25) is 0 Å². The third-order valence-electron chi connectivity index (χ3n) is 3.84. The zero-order chi connectivity index (χ0) is 14.5. The maximum absolute atomic E-state index is 5.79. The Morgan fingerprint density at radius 2 is 2.30 bits per heavy atom. The Kier molecular flexibility index (Phi) is 5.38. The van der Waals surface area contributed by atoms with E-state index in [1.54, 1.807) is 0 Å². The first-order valence-electron chi connectivity index (χ1n) is 7.66. The Hall–Kier alpha value is -1.13. The van der Waals surface area contributed by atoms with Crippen molar-refractivity contribution < 1.29 is 4.74 Å². The molecule has 0 saturated carbocycles. The van der Waals surface area contributed by atoms with Gasteiger partial charge in [-0.1, -0.05) is 20.8 Å². The average Bonchev–Trinajstić information content (AvgIpc) is 2.45. The molecule has 0 aliphatic carbocycles. The van der Waals surface area contributed by atoms with Crippen molar-refractivity contribution in [3.63, 3.8) is 0 Å². The number of hydrogen-bond acceptors (Lipinski definition) is 4. The predicted molar refractivity (Wildman–Crippen MR) is 83.1 cm³/mol. The minimum Gasteiger partial charge on any atom is -0.375 e. The zero-order valence-corrected chi connectivity index (χ0v) is 13.1. The highest BCUT2D eigenvalue weighted by molar-refractivity contribution is 5.53. The minimum absolute atomic E-state index is 0.281. The molecule has 1 aliphatic heterocycles.